The number of hydrogen-bond acceptors (Lipinski definition) is 2. The smallest absolute Gasteiger partial charge is 0.143 e. The number of piperidine rings is 1. The van der Waals surface area contributed by atoms with Gasteiger partial charge in [0.1, 0.15) is 5.82 Å². The zero-order valence-electron chi connectivity index (χ0n) is 11.0. The lowest BCUT2D eigenvalue weighted by molar-refractivity contribution is 0.242. The molecular formula is C15H21BrN2. The van der Waals surface area contributed by atoms with Gasteiger partial charge in [-0.2, -0.15) is 0 Å². The van der Waals surface area contributed by atoms with Gasteiger partial charge < -0.3 is 4.90 Å². The van der Waals surface area contributed by atoms with Crippen molar-refractivity contribution in [3.63, 3.8) is 0 Å². The molecule has 3 rings (SSSR count). The third-order valence-corrected chi connectivity index (χ3v) is 5.56. The molecule has 0 N–H and O–H groups in total. The zero-order valence-corrected chi connectivity index (χ0v) is 12.6. The molecule has 0 bridgehead atoms. The monoisotopic (exact) mass is 308 g/mol. The second kappa shape index (κ2) is 5.20. The van der Waals surface area contributed by atoms with Gasteiger partial charge in [0.15, 0.2) is 0 Å². The largest absolute Gasteiger partial charge is 0.352 e. The third kappa shape index (κ3) is 2.18. The Morgan fingerprint density at radius 2 is 2.00 bits per heavy atom. The van der Waals surface area contributed by atoms with Crippen LogP contribution in [0.25, 0.3) is 0 Å². The highest BCUT2D eigenvalue weighted by Crippen LogP contribution is 2.39. The van der Waals surface area contributed by atoms with Crippen LogP contribution in [0.1, 0.15) is 44.1 Å². The second-order valence-corrected chi connectivity index (χ2v) is 6.51. The first kappa shape index (κ1) is 12.5. The first-order valence-electron chi connectivity index (χ1n) is 7.15. The van der Waals surface area contributed by atoms with Gasteiger partial charge in [0.2, 0.25) is 0 Å². The molecule has 18 heavy (non-hydrogen) atoms. The Bertz CT molecular complexity index is 431. The summed E-state index contributed by atoms with van der Waals surface area (Å²) < 4.78 is 1.19. The van der Waals surface area contributed by atoms with Gasteiger partial charge in [0, 0.05) is 18.8 Å². The molecule has 3 heteroatoms. The van der Waals surface area contributed by atoms with Crippen LogP contribution in [0.5, 0.6) is 0 Å². The van der Waals surface area contributed by atoms with Gasteiger partial charge in [-0.25, -0.2) is 4.98 Å². The van der Waals surface area contributed by atoms with Crippen molar-refractivity contribution < 1.29 is 0 Å². The van der Waals surface area contributed by atoms with Crippen molar-refractivity contribution in [2.24, 2.45) is 5.92 Å². The molecule has 2 heterocycles. The summed E-state index contributed by atoms with van der Waals surface area (Å²) in [4.78, 5) is 7.21. The predicted molar refractivity (Wildman–Crippen MR) is 79.0 cm³/mol. The van der Waals surface area contributed by atoms with Crippen LogP contribution >= 0.6 is 15.9 Å². The highest BCUT2D eigenvalue weighted by atomic mass is 79.9. The van der Waals surface area contributed by atoms with Crippen LogP contribution in [0.3, 0.4) is 0 Å². The topological polar surface area (TPSA) is 16.1 Å². The predicted octanol–water partition coefficient (Wildman–Crippen LogP) is 4.31. The summed E-state index contributed by atoms with van der Waals surface area (Å²) in [6, 6.07) is 2.81. The van der Waals surface area contributed by atoms with Crippen LogP contribution in [0.4, 0.5) is 5.82 Å². The number of anilines is 1. The minimum Gasteiger partial charge on any atom is -0.352 e. The fourth-order valence-electron chi connectivity index (χ4n) is 3.61. The lowest BCUT2D eigenvalue weighted by Gasteiger charge is -2.45. The van der Waals surface area contributed by atoms with E-state index in [1.54, 1.807) is 0 Å². The molecule has 0 unspecified atom stereocenters. The van der Waals surface area contributed by atoms with Crippen LogP contribution < -0.4 is 4.90 Å². The van der Waals surface area contributed by atoms with E-state index in [1.807, 2.05) is 6.20 Å². The van der Waals surface area contributed by atoms with Crippen molar-refractivity contribution >= 4 is 21.7 Å². The van der Waals surface area contributed by atoms with Crippen LogP contribution in [0.15, 0.2) is 16.7 Å². The number of fused-ring (bicyclic) bond motifs is 1. The summed E-state index contributed by atoms with van der Waals surface area (Å²) in [7, 11) is 0. The number of nitrogens with zero attached hydrogens (tertiary/aromatic N) is 2. The quantitative estimate of drug-likeness (QED) is 0.768. The number of rotatable bonds is 1. The number of hydrogen-bond donors (Lipinski definition) is 0. The van der Waals surface area contributed by atoms with E-state index in [4.69, 9.17) is 0 Å². The minimum atomic E-state index is 0.734. The average Bonchev–Trinajstić information content (AvgIpc) is 2.41. The standard InChI is InChI=1S/C15H21BrN2/c1-11-8-9-17-15(14(11)16)18-10-4-6-12-5-2-3-7-13(12)18/h8-9,12-13H,2-7,10H2,1H3/t12-,13-/m1/s1. The molecule has 0 radical (unpaired) electrons. The molecule has 2 atom stereocenters. The van der Waals surface area contributed by atoms with Crippen molar-refractivity contribution in [2.45, 2.75) is 51.5 Å². The van der Waals surface area contributed by atoms with Gasteiger partial charge >= 0.3 is 0 Å². The number of aromatic nitrogens is 1. The molecule has 1 saturated heterocycles. The molecule has 2 fully saturated rings. The Labute approximate surface area is 118 Å². The molecule has 98 valence electrons. The summed E-state index contributed by atoms with van der Waals surface area (Å²) in [5.41, 5.74) is 1.29. The van der Waals surface area contributed by atoms with E-state index in [2.05, 4.69) is 38.8 Å². The molecule has 0 amide bonds. The third-order valence-electron chi connectivity index (χ3n) is 4.58. The minimum absolute atomic E-state index is 0.734. The van der Waals surface area contributed by atoms with Gasteiger partial charge in [0.25, 0.3) is 0 Å². The molecule has 1 saturated carbocycles. The summed E-state index contributed by atoms with van der Waals surface area (Å²) in [5, 5.41) is 0. The van der Waals surface area contributed by atoms with Gasteiger partial charge in [0.05, 0.1) is 4.47 Å². The van der Waals surface area contributed by atoms with E-state index in [9.17, 15) is 0 Å². The average molecular weight is 309 g/mol. The maximum atomic E-state index is 4.63. The van der Waals surface area contributed by atoms with Crippen LogP contribution in [-0.2, 0) is 0 Å². The van der Waals surface area contributed by atoms with E-state index < -0.39 is 0 Å². The van der Waals surface area contributed by atoms with Crippen molar-refractivity contribution in [3.8, 4) is 0 Å². The van der Waals surface area contributed by atoms with Crippen LogP contribution in [0, 0.1) is 12.8 Å². The molecule has 1 aromatic rings. The Balaban J connectivity index is 1.92. The maximum Gasteiger partial charge on any atom is 0.143 e. The van der Waals surface area contributed by atoms with Gasteiger partial charge in [-0.1, -0.05) is 12.8 Å². The van der Waals surface area contributed by atoms with Crippen molar-refractivity contribution in [2.75, 3.05) is 11.4 Å². The van der Waals surface area contributed by atoms with Gasteiger partial charge in [-0.15, -0.1) is 0 Å². The lowest BCUT2D eigenvalue weighted by Crippen LogP contribution is -2.47. The zero-order chi connectivity index (χ0) is 12.5. The van der Waals surface area contributed by atoms with Crippen LogP contribution in [-0.4, -0.2) is 17.6 Å². The Morgan fingerprint density at radius 3 is 2.89 bits per heavy atom. The van der Waals surface area contributed by atoms with E-state index >= 15 is 0 Å². The maximum absolute atomic E-state index is 4.63. The van der Waals surface area contributed by atoms with Crippen molar-refractivity contribution in [1.29, 1.82) is 0 Å². The molecular weight excluding hydrogens is 288 g/mol. The highest BCUT2D eigenvalue weighted by Gasteiger charge is 2.34. The van der Waals surface area contributed by atoms with Gasteiger partial charge in [-0.05, 0) is 66.1 Å². The van der Waals surface area contributed by atoms with E-state index in [0.29, 0.717) is 0 Å². The Kier molecular flexibility index (Phi) is 3.60. The van der Waals surface area contributed by atoms with Crippen molar-refractivity contribution in [1.82, 2.24) is 4.98 Å². The first-order valence-corrected chi connectivity index (χ1v) is 7.94. The number of aryl methyl sites for hydroxylation is 1. The molecule has 1 aliphatic carbocycles. The highest BCUT2D eigenvalue weighted by molar-refractivity contribution is 9.10. The second-order valence-electron chi connectivity index (χ2n) is 5.71. The first-order chi connectivity index (χ1) is 8.77. The summed E-state index contributed by atoms with van der Waals surface area (Å²) in [6.45, 7) is 3.33. The fourth-order valence-corrected chi connectivity index (χ4v) is 4.08. The van der Waals surface area contributed by atoms with Gasteiger partial charge in [-0.3, -0.25) is 0 Å². The SMILES string of the molecule is Cc1ccnc(N2CCC[C@H]3CCCC[C@H]32)c1Br. The van der Waals surface area contributed by atoms with Crippen LogP contribution in [0.2, 0.25) is 0 Å². The molecule has 1 aromatic heterocycles. The summed E-state index contributed by atoms with van der Waals surface area (Å²) in [5.74, 6) is 2.08. The summed E-state index contributed by atoms with van der Waals surface area (Å²) >= 11 is 3.73. The molecule has 0 spiro atoms. The molecule has 1 aliphatic heterocycles. The van der Waals surface area contributed by atoms with E-state index in [1.165, 1.54) is 60.9 Å². The Hall–Kier alpha value is -0.570. The lowest BCUT2D eigenvalue weighted by atomic mass is 9.78. The number of pyridine rings is 1. The van der Waals surface area contributed by atoms with E-state index in [0.717, 1.165) is 12.0 Å². The molecule has 2 aliphatic rings. The molecule has 2 nitrogen and oxygen atoms in total. The normalized spacial score (nSPS) is 28.0. The van der Waals surface area contributed by atoms with E-state index in [-0.39, 0.29) is 0 Å². The Morgan fingerprint density at radius 1 is 1.22 bits per heavy atom. The fraction of sp³-hybridized carbons (Fsp3) is 0.667. The molecule has 0 aromatic carbocycles. The number of halogens is 1. The summed E-state index contributed by atoms with van der Waals surface area (Å²) in [6.07, 6.45) is 10.3. The van der Waals surface area contributed by atoms with Crippen molar-refractivity contribution in [3.05, 3.63) is 22.3 Å².